The third-order valence-electron chi connectivity index (χ3n) is 6.32. The molecule has 2 unspecified atom stereocenters. The number of halogens is 3. The van der Waals surface area contributed by atoms with Gasteiger partial charge in [-0.15, -0.1) is 5.56 Å². The minimum Gasteiger partial charge on any atom is -0.381 e. The first kappa shape index (κ1) is 30.7. The zero-order valence-corrected chi connectivity index (χ0v) is 24.8. The summed E-state index contributed by atoms with van der Waals surface area (Å²) in [6, 6.07) is 15.9. The molecule has 2 aromatic carbocycles. The molecule has 0 fully saturated rings. The first-order valence-electron chi connectivity index (χ1n) is 11.2. The van der Waals surface area contributed by atoms with E-state index in [0.717, 1.165) is 34.1 Å². The molecule has 0 radical (unpaired) electrons. The van der Waals surface area contributed by atoms with Gasteiger partial charge in [0.2, 0.25) is 0 Å². The van der Waals surface area contributed by atoms with Gasteiger partial charge in [0, 0.05) is 11.1 Å². The second-order valence-corrected chi connectivity index (χ2v) is 8.79. The Bertz CT molecular complexity index is 1080. The van der Waals surface area contributed by atoms with Crippen molar-refractivity contribution in [2.75, 3.05) is 0 Å². The molecule has 0 spiro atoms. The van der Waals surface area contributed by atoms with E-state index >= 15 is 0 Å². The van der Waals surface area contributed by atoms with E-state index in [1.807, 2.05) is 51.1 Å². The topological polar surface area (TPSA) is 33.1 Å². The molecule has 2 nitrogen and oxygen atoms in total. The fraction of sp³-hybridized carbons (Fsp3) is 0.429. The predicted octanol–water partition coefficient (Wildman–Crippen LogP) is 7.61. The molecule has 0 amide bonds. The molecule has 0 aliphatic heterocycles. The molecule has 182 valence electrons. The molecule has 1 aromatic heterocycles. The molecular formula is C28H34F3NOU. The van der Waals surface area contributed by atoms with Crippen LogP contribution >= 0.6 is 0 Å². The molecular weight excluding hydrogens is 661 g/mol. The number of nitrogens with zero attached hydrogens (tertiary/aromatic N) is 1. The van der Waals surface area contributed by atoms with Crippen molar-refractivity contribution >= 4 is 10.9 Å². The van der Waals surface area contributed by atoms with Crippen LogP contribution in [-0.4, -0.2) is 21.9 Å². The van der Waals surface area contributed by atoms with Crippen LogP contribution in [0.15, 0.2) is 42.5 Å². The number of fused-ring (bicyclic) bond motifs is 1. The zero-order chi connectivity index (χ0) is 23.5. The number of rotatable bonds is 8. The van der Waals surface area contributed by atoms with Gasteiger partial charge in [-0.05, 0) is 43.4 Å². The summed E-state index contributed by atoms with van der Waals surface area (Å²) in [5.41, 5.74) is 1.49. The van der Waals surface area contributed by atoms with Crippen LogP contribution in [0.1, 0.15) is 66.5 Å². The molecule has 1 N–H and O–H groups in total. The smallest absolute Gasteiger partial charge is 0.381 e. The van der Waals surface area contributed by atoms with Crippen LogP contribution < -0.4 is 0 Å². The maximum Gasteiger partial charge on any atom is 2.00 e. The minimum absolute atomic E-state index is 0. The van der Waals surface area contributed by atoms with E-state index in [9.17, 15) is 18.3 Å². The van der Waals surface area contributed by atoms with Gasteiger partial charge in [0.25, 0.3) is 0 Å². The number of hydrogen-bond acceptors (Lipinski definition) is 2. The van der Waals surface area contributed by atoms with Gasteiger partial charge in [-0.3, -0.25) is 4.98 Å². The van der Waals surface area contributed by atoms with Crippen LogP contribution in [0.3, 0.4) is 0 Å². The Hall–Kier alpha value is -1.35. The monoisotopic (exact) mass is 695 g/mol. The Morgan fingerprint density at radius 3 is 2.32 bits per heavy atom. The Morgan fingerprint density at radius 1 is 1.00 bits per heavy atom. The second kappa shape index (κ2) is 12.6. The van der Waals surface area contributed by atoms with Gasteiger partial charge >= 0.3 is 37.3 Å². The molecule has 0 saturated heterocycles. The van der Waals surface area contributed by atoms with Crippen LogP contribution in [0.5, 0.6) is 0 Å². The summed E-state index contributed by atoms with van der Waals surface area (Å²) in [5.74, 6) is -1.15. The van der Waals surface area contributed by atoms with E-state index in [4.69, 9.17) is 0 Å². The third-order valence-corrected chi connectivity index (χ3v) is 6.32. The number of hydrogen-bond donors (Lipinski definition) is 1. The predicted molar refractivity (Wildman–Crippen MR) is 129 cm³/mol. The summed E-state index contributed by atoms with van der Waals surface area (Å²) in [6.45, 7) is 7.46. The third kappa shape index (κ3) is 6.65. The summed E-state index contributed by atoms with van der Waals surface area (Å²) >= 11 is 0. The van der Waals surface area contributed by atoms with Crippen molar-refractivity contribution in [1.82, 2.24) is 4.98 Å². The summed E-state index contributed by atoms with van der Waals surface area (Å²) in [7, 11) is 0. The van der Waals surface area contributed by atoms with Crippen molar-refractivity contribution in [2.24, 2.45) is 0 Å². The van der Waals surface area contributed by atoms with Crippen molar-refractivity contribution in [2.45, 2.75) is 77.5 Å². The van der Waals surface area contributed by atoms with Crippen LogP contribution in [0.25, 0.3) is 10.9 Å². The number of aromatic nitrogens is 1. The first-order valence-corrected chi connectivity index (χ1v) is 11.2. The fourth-order valence-electron chi connectivity index (χ4n) is 4.54. The Labute approximate surface area is 225 Å². The maximum atomic E-state index is 14.5. The molecule has 2 atom stereocenters. The van der Waals surface area contributed by atoms with Crippen molar-refractivity contribution in [3.63, 3.8) is 0 Å². The van der Waals surface area contributed by atoms with Gasteiger partial charge < -0.3 is 12.5 Å². The van der Waals surface area contributed by atoms with Gasteiger partial charge in [0.05, 0.1) is 5.52 Å². The average molecular weight is 696 g/mol. The van der Waals surface area contributed by atoms with E-state index in [1.165, 1.54) is 0 Å². The summed E-state index contributed by atoms with van der Waals surface area (Å²) in [5, 5.41) is 12.1. The molecule has 0 saturated carbocycles. The summed E-state index contributed by atoms with van der Waals surface area (Å²) in [6.07, 6.45) is -3.30. The summed E-state index contributed by atoms with van der Waals surface area (Å²) in [4.78, 5) is 4.53. The van der Waals surface area contributed by atoms with Gasteiger partial charge in [-0.1, -0.05) is 58.2 Å². The molecule has 0 aliphatic rings. The quantitative estimate of drug-likeness (QED) is 0.195. The van der Waals surface area contributed by atoms with Gasteiger partial charge in [0.15, 0.2) is 5.60 Å². The van der Waals surface area contributed by atoms with Gasteiger partial charge in [-0.2, -0.15) is 42.5 Å². The maximum absolute atomic E-state index is 14.5. The first-order chi connectivity index (χ1) is 15.1. The molecule has 0 aliphatic carbocycles. The fourth-order valence-corrected chi connectivity index (χ4v) is 4.54. The van der Waals surface area contributed by atoms with Gasteiger partial charge in [-0.25, -0.2) is 0 Å². The zero-order valence-electron chi connectivity index (χ0n) is 20.7. The average Bonchev–Trinajstić information content (AvgIpc) is 2.71. The van der Waals surface area contributed by atoms with Crippen LogP contribution in [0.2, 0.25) is 0 Å². The van der Waals surface area contributed by atoms with E-state index in [2.05, 4.69) is 11.1 Å². The van der Waals surface area contributed by atoms with E-state index in [1.54, 1.807) is 19.1 Å². The number of aryl methyl sites for hydroxylation is 3. The van der Waals surface area contributed by atoms with E-state index in [-0.39, 0.29) is 51.4 Å². The largest absolute Gasteiger partial charge is 2.00 e. The molecule has 3 rings (SSSR count). The number of alkyl halides is 3. The van der Waals surface area contributed by atoms with Crippen LogP contribution in [-0.2, 0) is 6.42 Å². The van der Waals surface area contributed by atoms with Crippen LogP contribution in [0.4, 0.5) is 13.2 Å². The standard InChI is InChI=1S/C27H31F3NO.CH3.U/c1-5-6-7-15-26(32,27(28,29)30)24(22-13-11-18(2)16-19(22)3)17-21-9-8-10-25-23(21)14-12-20(4)31-25;;/h8-14,24,32H,5-7,15,17H2,1-4H3;1H3;/q2*-1;+2. The Kier molecular flexibility index (Phi) is 11.3. The molecule has 3 aromatic rings. The number of unbranched alkanes of at least 4 members (excludes halogenated alkanes) is 2. The molecule has 0 bridgehead atoms. The summed E-state index contributed by atoms with van der Waals surface area (Å²) < 4.78 is 43.4. The van der Waals surface area contributed by atoms with Crippen molar-refractivity contribution in [1.29, 1.82) is 0 Å². The van der Waals surface area contributed by atoms with Crippen molar-refractivity contribution < 1.29 is 49.4 Å². The van der Waals surface area contributed by atoms with E-state index < -0.39 is 17.7 Å². The minimum atomic E-state index is -4.76. The molecule has 1 heterocycles. The molecule has 6 heteroatoms. The number of pyridine rings is 1. The van der Waals surface area contributed by atoms with Crippen LogP contribution in [0, 0.1) is 65.4 Å². The van der Waals surface area contributed by atoms with Crippen molar-refractivity contribution in [3.8, 4) is 0 Å². The normalized spacial score (nSPS) is 14.1. The molecule has 34 heavy (non-hydrogen) atoms. The second-order valence-electron chi connectivity index (χ2n) is 8.79. The van der Waals surface area contributed by atoms with Gasteiger partial charge in [0.1, 0.15) is 0 Å². The van der Waals surface area contributed by atoms with Crippen molar-refractivity contribution in [3.05, 3.63) is 83.9 Å². The SMILES string of the molecule is CCCCCC(O)(C(Cc1cccc2nc(C)ccc12)c1ccc(C)[c-]c1C)C(F)(F)F.[CH3-].[U+2]. The Balaban J connectivity index is 0.00000289. The number of benzene rings is 2. The van der Waals surface area contributed by atoms with E-state index in [0.29, 0.717) is 24.0 Å². The Morgan fingerprint density at radius 2 is 1.71 bits per heavy atom. The number of aliphatic hydroxyl groups is 1.